The molecule has 82 valence electrons. The molecule has 1 aliphatic rings. The predicted molar refractivity (Wildman–Crippen MR) is 50.7 cm³/mol. The van der Waals surface area contributed by atoms with E-state index in [2.05, 4.69) is 0 Å². The lowest BCUT2D eigenvalue weighted by Gasteiger charge is -2.40. The fourth-order valence-electron chi connectivity index (χ4n) is 1.94. The van der Waals surface area contributed by atoms with Gasteiger partial charge in [-0.25, -0.2) is 0 Å². The molecule has 0 aromatic rings. The van der Waals surface area contributed by atoms with E-state index in [1.165, 1.54) is 6.92 Å². The van der Waals surface area contributed by atoms with Gasteiger partial charge in [-0.3, -0.25) is 4.79 Å². The van der Waals surface area contributed by atoms with Crippen molar-refractivity contribution < 1.29 is 19.4 Å². The molecule has 14 heavy (non-hydrogen) atoms. The van der Waals surface area contributed by atoms with Crippen LogP contribution in [0.4, 0.5) is 0 Å². The van der Waals surface area contributed by atoms with Gasteiger partial charge in [-0.2, -0.15) is 0 Å². The minimum Gasteiger partial charge on any atom is -0.459 e. The Bertz CT molecular complexity index is 216. The molecule has 0 aliphatic carbocycles. The maximum atomic E-state index is 10.8. The van der Waals surface area contributed by atoms with Crippen molar-refractivity contribution in [1.82, 2.24) is 0 Å². The van der Waals surface area contributed by atoms with E-state index in [1.807, 2.05) is 20.8 Å². The Kier molecular flexibility index (Phi) is 3.50. The molecular formula is C10H18O4. The van der Waals surface area contributed by atoms with Gasteiger partial charge in [0.1, 0.15) is 6.10 Å². The Hall–Kier alpha value is -0.610. The summed E-state index contributed by atoms with van der Waals surface area (Å²) in [6.07, 6.45) is -1.28. The summed E-state index contributed by atoms with van der Waals surface area (Å²) < 4.78 is 10.6. The van der Waals surface area contributed by atoms with Gasteiger partial charge in [0.2, 0.25) is 0 Å². The first kappa shape index (κ1) is 11.5. The van der Waals surface area contributed by atoms with E-state index in [4.69, 9.17) is 9.47 Å². The number of aliphatic hydroxyl groups excluding tert-OH is 1. The zero-order chi connectivity index (χ0) is 10.9. The number of hydrogen-bond acceptors (Lipinski definition) is 4. The normalized spacial score (nSPS) is 43.4. The molecular weight excluding hydrogens is 184 g/mol. The summed E-state index contributed by atoms with van der Waals surface area (Å²) in [7, 11) is 0. The number of carbonyl (C=O) groups excluding carboxylic acids is 1. The van der Waals surface area contributed by atoms with E-state index in [1.54, 1.807) is 0 Å². The quantitative estimate of drug-likeness (QED) is 0.637. The van der Waals surface area contributed by atoms with Crippen molar-refractivity contribution in [2.75, 3.05) is 0 Å². The summed E-state index contributed by atoms with van der Waals surface area (Å²) in [6.45, 7) is 6.91. The van der Waals surface area contributed by atoms with Crippen LogP contribution < -0.4 is 0 Å². The molecule has 0 bridgehead atoms. The molecule has 0 amide bonds. The molecule has 4 heteroatoms. The number of ether oxygens (including phenoxy) is 2. The topological polar surface area (TPSA) is 55.8 Å². The Morgan fingerprint density at radius 1 is 1.29 bits per heavy atom. The molecule has 5 atom stereocenters. The van der Waals surface area contributed by atoms with Gasteiger partial charge in [0.15, 0.2) is 0 Å². The second-order valence-corrected chi connectivity index (χ2v) is 3.97. The fourth-order valence-corrected chi connectivity index (χ4v) is 1.94. The van der Waals surface area contributed by atoms with Crippen molar-refractivity contribution in [3.63, 3.8) is 0 Å². The van der Waals surface area contributed by atoms with Gasteiger partial charge in [0, 0.05) is 12.8 Å². The molecule has 1 heterocycles. The predicted octanol–water partition coefficient (Wildman–Crippen LogP) is 0.722. The molecule has 1 saturated heterocycles. The number of rotatable bonds is 1. The molecule has 1 rings (SSSR count). The number of aliphatic hydroxyl groups is 1. The SMILES string of the molecule is CC(=O)OC1[C@H](C)OC(C)[C@H](O)[C@@H]1C. The fraction of sp³-hybridized carbons (Fsp3) is 0.900. The maximum Gasteiger partial charge on any atom is 0.303 e. The van der Waals surface area contributed by atoms with Gasteiger partial charge in [-0.15, -0.1) is 0 Å². The third-order valence-corrected chi connectivity index (χ3v) is 2.73. The average molecular weight is 202 g/mol. The standard InChI is InChI=1S/C10H18O4/c1-5-9(12)6(2)13-7(3)10(5)14-8(4)11/h5-7,9-10,12H,1-4H3/t5-,6?,7-,9+,10?/m0/s1. The van der Waals surface area contributed by atoms with E-state index < -0.39 is 6.10 Å². The van der Waals surface area contributed by atoms with Crippen LogP contribution in [0.5, 0.6) is 0 Å². The van der Waals surface area contributed by atoms with Crippen molar-refractivity contribution in [2.45, 2.75) is 52.1 Å². The lowest BCUT2D eigenvalue weighted by Crippen LogP contribution is -2.52. The summed E-state index contributed by atoms with van der Waals surface area (Å²) in [4.78, 5) is 10.8. The van der Waals surface area contributed by atoms with E-state index in [0.29, 0.717) is 0 Å². The zero-order valence-corrected chi connectivity index (χ0v) is 9.06. The van der Waals surface area contributed by atoms with E-state index >= 15 is 0 Å². The van der Waals surface area contributed by atoms with Crippen molar-refractivity contribution in [1.29, 1.82) is 0 Å². The van der Waals surface area contributed by atoms with Crippen LogP contribution in [0.3, 0.4) is 0 Å². The van der Waals surface area contributed by atoms with E-state index in [9.17, 15) is 9.90 Å². The highest BCUT2D eigenvalue weighted by Gasteiger charge is 2.40. The Morgan fingerprint density at radius 3 is 2.36 bits per heavy atom. The summed E-state index contributed by atoms with van der Waals surface area (Å²) in [5, 5.41) is 9.73. The van der Waals surface area contributed by atoms with Gasteiger partial charge in [-0.05, 0) is 13.8 Å². The van der Waals surface area contributed by atoms with Crippen LogP contribution in [0.25, 0.3) is 0 Å². The Balaban J connectivity index is 2.68. The monoisotopic (exact) mass is 202 g/mol. The van der Waals surface area contributed by atoms with Crippen LogP contribution in [0, 0.1) is 5.92 Å². The van der Waals surface area contributed by atoms with Crippen LogP contribution in [0.2, 0.25) is 0 Å². The van der Waals surface area contributed by atoms with E-state index in [-0.39, 0.29) is 30.2 Å². The summed E-state index contributed by atoms with van der Waals surface area (Å²) >= 11 is 0. The highest BCUT2D eigenvalue weighted by atomic mass is 16.6. The highest BCUT2D eigenvalue weighted by molar-refractivity contribution is 5.66. The minimum absolute atomic E-state index is 0.0855. The smallest absolute Gasteiger partial charge is 0.303 e. The second kappa shape index (κ2) is 4.28. The lowest BCUT2D eigenvalue weighted by atomic mass is 9.88. The lowest BCUT2D eigenvalue weighted by molar-refractivity contribution is -0.203. The summed E-state index contributed by atoms with van der Waals surface area (Å²) in [6, 6.07) is 0. The first-order valence-corrected chi connectivity index (χ1v) is 4.94. The second-order valence-electron chi connectivity index (χ2n) is 3.97. The van der Waals surface area contributed by atoms with E-state index in [0.717, 1.165) is 0 Å². The molecule has 1 N–H and O–H groups in total. The van der Waals surface area contributed by atoms with Gasteiger partial charge in [0.05, 0.1) is 18.3 Å². The first-order chi connectivity index (χ1) is 6.43. The Labute approximate surface area is 84.2 Å². The van der Waals surface area contributed by atoms with Gasteiger partial charge in [-0.1, -0.05) is 6.92 Å². The third kappa shape index (κ3) is 2.25. The van der Waals surface area contributed by atoms with Crippen molar-refractivity contribution in [3.8, 4) is 0 Å². The van der Waals surface area contributed by atoms with Crippen LogP contribution in [0.15, 0.2) is 0 Å². The zero-order valence-electron chi connectivity index (χ0n) is 9.06. The summed E-state index contributed by atoms with van der Waals surface area (Å²) in [5.74, 6) is -0.420. The van der Waals surface area contributed by atoms with Crippen LogP contribution in [0.1, 0.15) is 27.7 Å². The molecule has 2 unspecified atom stereocenters. The summed E-state index contributed by atoms with van der Waals surface area (Å²) in [5.41, 5.74) is 0. The highest BCUT2D eigenvalue weighted by Crippen LogP contribution is 2.27. The minimum atomic E-state index is -0.574. The van der Waals surface area contributed by atoms with Gasteiger partial charge >= 0.3 is 5.97 Å². The van der Waals surface area contributed by atoms with Crippen molar-refractivity contribution in [3.05, 3.63) is 0 Å². The molecule has 4 nitrogen and oxygen atoms in total. The van der Waals surface area contributed by atoms with Crippen LogP contribution >= 0.6 is 0 Å². The van der Waals surface area contributed by atoms with Gasteiger partial charge < -0.3 is 14.6 Å². The maximum absolute atomic E-state index is 10.8. The average Bonchev–Trinajstić information content (AvgIpc) is 2.09. The number of carbonyl (C=O) groups is 1. The molecule has 0 spiro atoms. The largest absolute Gasteiger partial charge is 0.459 e. The molecule has 1 fully saturated rings. The van der Waals surface area contributed by atoms with Crippen molar-refractivity contribution in [2.24, 2.45) is 5.92 Å². The number of esters is 1. The van der Waals surface area contributed by atoms with Crippen molar-refractivity contribution >= 4 is 5.97 Å². The third-order valence-electron chi connectivity index (χ3n) is 2.73. The molecule has 0 saturated carbocycles. The molecule has 0 radical (unpaired) electrons. The molecule has 0 aromatic heterocycles. The van der Waals surface area contributed by atoms with Crippen LogP contribution in [-0.2, 0) is 14.3 Å². The van der Waals surface area contributed by atoms with Gasteiger partial charge in [0.25, 0.3) is 0 Å². The molecule has 0 aromatic carbocycles. The Morgan fingerprint density at radius 2 is 1.86 bits per heavy atom. The van der Waals surface area contributed by atoms with Crippen LogP contribution in [-0.4, -0.2) is 35.5 Å². The molecule has 1 aliphatic heterocycles. The first-order valence-electron chi connectivity index (χ1n) is 4.94. The number of hydrogen-bond donors (Lipinski definition) is 1.